The Morgan fingerprint density at radius 2 is 2.28 bits per heavy atom. The van der Waals surface area contributed by atoms with Crippen LogP contribution in [0.4, 0.5) is 17.6 Å². The summed E-state index contributed by atoms with van der Waals surface area (Å²) in [6.45, 7) is 1.00. The topological polar surface area (TPSA) is 87.3 Å². The number of aliphatic hydroxyl groups is 1. The molecule has 100 valence electrons. The standard InChI is InChI=1S/C12H21N5O/c1-14-10-8-11(16-12(13)15-10)17(6-3-7-18)9-4-2-5-9/h8-9,18H,2-7H2,1H3,(H3,13,14,15,16). The highest BCUT2D eigenvalue weighted by Crippen LogP contribution is 2.29. The number of rotatable bonds is 6. The zero-order valence-electron chi connectivity index (χ0n) is 10.8. The highest BCUT2D eigenvalue weighted by atomic mass is 16.3. The van der Waals surface area contributed by atoms with Gasteiger partial charge >= 0.3 is 0 Å². The fourth-order valence-electron chi connectivity index (χ4n) is 2.15. The molecule has 4 N–H and O–H groups in total. The summed E-state index contributed by atoms with van der Waals surface area (Å²) >= 11 is 0. The first kappa shape index (κ1) is 12.9. The molecule has 0 unspecified atom stereocenters. The molecule has 1 heterocycles. The highest BCUT2D eigenvalue weighted by Gasteiger charge is 2.26. The Balaban J connectivity index is 2.19. The number of aliphatic hydroxyl groups excluding tert-OH is 1. The number of hydrogen-bond acceptors (Lipinski definition) is 6. The SMILES string of the molecule is CNc1cc(N(CCCO)C2CCC2)nc(N)n1. The zero-order valence-corrected chi connectivity index (χ0v) is 10.8. The maximum Gasteiger partial charge on any atom is 0.223 e. The number of nitrogens with two attached hydrogens (primary N) is 1. The van der Waals surface area contributed by atoms with Gasteiger partial charge in [0.05, 0.1) is 0 Å². The minimum atomic E-state index is 0.197. The molecular weight excluding hydrogens is 230 g/mol. The Labute approximate surface area is 107 Å². The van der Waals surface area contributed by atoms with Gasteiger partial charge in [-0.3, -0.25) is 0 Å². The van der Waals surface area contributed by atoms with Gasteiger partial charge < -0.3 is 21.1 Å². The van der Waals surface area contributed by atoms with Crippen LogP contribution in [-0.2, 0) is 0 Å². The third kappa shape index (κ3) is 2.81. The van der Waals surface area contributed by atoms with Gasteiger partial charge in [0.2, 0.25) is 5.95 Å². The van der Waals surface area contributed by atoms with Crippen LogP contribution < -0.4 is 16.0 Å². The molecule has 0 amide bonds. The lowest BCUT2D eigenvalue weighted by Gasteiger charge is -2.38. The van der Waals surface area contributed by atoms with Crippen molar-refractivity contribution < 1.29 is 5.11 Å². The van der Waals surface area contributed by atoms with Gasteiger partial charge in [-0.25, -0.2) is 0 Å². The number of nitrogen functional groups attached to an aromatic ring is 1. The molecule has 0 atom stereocenters. The van der Waals surface area contributed by atoms with Crippen molar-refractivity contribution in [2.75, 3.05) is 36.1 Å². The molecule has 0 aliphatic heterocycles. The third-order valence-corrected chi connectivity index (χ3v) is 3.35. The second-order valence-electron chi connectivity index (χ2n) is 4.57. The van der Waals surface area contributed by atoms with Gasteiger partial charge in [0.25, 0.3) is 0 Å². The summed E-state index contributed by atoms with van der Waals surface area (Å²) < 4.78 is 0. The van der Waals surface area contributed by atoms with Crippen molar-refractivity contribution >= 4 is 17.6 Å². The summed E-state index contributed by atoms with van der Waals surface area (Å²) in [7, 11) is 1.81. The Morgan fingerprint density at radius 3 is 2.83 bits per heavy atom. The minimum Gasteiger partial charge on any atom is -0.396 e. The van der Waals surface area contributed by atoms with Crippen LogP contribution in [0.5, 0.6) is 0 Å². The van der Waals surface area contributed by atoms with Crippen LogP contribution in [0.25, 0.3) is 0 Å². The first-order chi connectivity index (χ1) is 8.74. The van der Waals surface area contributed by atoms with Crippen molar-refractivity contribution in [3.05, 3.63) is 6.07 Å². The summed E-state index contributed by atoms with van der Waals surface area (Å²) in [5.41, 5.74) is 5.72. The molecule has 6 heteroatoms. The fraction of sp³-hybridized carbons (Fsp3) is 0.667. The van der Waals surface area contributed by atoms with E-state index in [2.05, 4.69) is 20.2 Å². The average molecular weight is 251 g/mol. The molecule has 2 rings (SSSR count). The molecule has 0 aromatic carbocycles. The highest BCUT2D eigenvalue weighted by molar-refractivity contribution is 5.53. The van der Waals surface area contributed by atoms with Crippen LogP contribution in [0, 0.1) is 0 Å². The van der Waals surface area contributed by atoms with Gasteiger partial charge in [-0.2, -0.15) is 9.97 Å². The molecule has 18 heavy (non-hydrogen) atoms. The number of hydrogen-bond donors (Lipinski definition) is 3. The molecule has 0 saturated heterocycles. The van der Waals surface area contributed by atoms with Gasteiger partial charge in [0.1, 0.15) is 11.6 Å². The Kier molecular flexibility index (Phi) is 4.19. The van der Waals surface area contributed by atoms with E-state index in [0.29, 0.717) is 6.04 Å². The van der Waals surface area contributed by atoms with Crippen molar-refractivity contribution in [3.63, 3.8) is 0 Å². The maximum absolute atomic E-state index is 8.99. The zero-order chi connectivity index (χ0) is 13.0. The molecule has 1 aliphatic carbocycles. The van der Waals surface area contributed by atoms with Gasteiger partial charge in [-0.05, 0) is 25.7 Å². The van der Waals surface area contributed by atoms with Crippen LogP contribution in [-0.4, -0.2) is 41.3 Å². The van der Waals surface area contributed by atoms with E-state index in [4.69, 9.17) is 10.8 Å². The molecule has 1 saturated carbocycles. The van der Waals surface area contributed by atoms with E-state index in [1.54, 1.807) is 0 Å². The predicted octanol–water partition coefficient (Wildman–Crippen LogP) is 0.842. The maximum atomic E-state index is 8.99. The van der Waals surface area contributed by atoms with Gasteiger partial charge in [0.15, 0.2) is 0 Å². The quantitative estimate of drug-likeness (QED) is 0.694. The Hall–Kier alpha value is -1.56. The van der Waals surface area contributed by atoms with Crippen LogP contribution in [0.1, 0.15) is 25.7 Å². The smallest absolute Gasteiger partial charge is 0.223 e. The number of aromatic nitrogens is 2. The lowest BCUT2D eigenvalue weighted by atomic mass is 9.91. The second kappa shape index (κ2) is 5.86. The number of nitrogens with zero attached hydrogens (tertiary/aromatic N) is 3. The van der Waals surface area contributed by atoms with E-state index in [-0.39, 0.29) is 12.6 Å². The average Bonchev–Trinajstić information content (AvgIpc) is 2.31. The first-order valence-corrected chi connectivity index (χ1v) is 6.44. The van der Waals surface area contributed by atoms with Crippen LogP contribution in [0.3, 0.4) is 0 Å². The van der Waals surface area contributed by atoms with E-state index in [1.165, 1.54) is 19.3 Å². The van der Waals surface area contributed by atoms with Crippen LogP contribution >= 0.6 is 0 Å². The lowest BCUT2D eigenvalue weighted by Crippen LogP contribution is -2.41. The second-order valence-corrected chi connectivity index (χ2v) is 4.57. The van der Waals surface area contributed by atoms with Crippen molar-refractivity contribution in [2.24, 2.45) is 0 Å². The number of nitrogens with one attached hydrogen (secondary N) is 1. The molecule has 1 aromatic heterocycles. The van der Waals surface area contributed by atoms with Crippen molar-refractivity contribution in [1.29, 1.82) is 0 Å². The van der Waals surface area contributed by atoms with E-state index >= 15 is 0 Å². The van der Waals surface area contributed by atoms with Crippen molar-refractivity contribution in [1.82, 2.24) is 9.97 Å². The van der Waals surface area contributed by atoms with Crippen LogP contribution in [0.15, 0.2) is 6.07 Å². The summed E-state index contributed by atoms with van der Waals surface area (Å²) in [6.07, 6.45) is 4.38. The normalized spacial score (nSPS) is 15.2. The van der Waals surface area contributed by atoms with Gasteiger partial charge in [0, 0.05) is 32.3 Å². The molecule has 1 aliphatic rings. The van der Waals surface area contributed by atoms with Crippen molar-refractivity contribution in [2.45, 2.75) is 31.7 Å². The van der Waals surface area contributed by atoms with Gasteiger partial charge in [-0.1, -0.05) is 0 Å². The van der Waals surface area contributed by atoms with E-state index in [9.17, 15) is 0 Å². The molecule has 0 spiro atoms. The summed E-state index contributed by atoms with van der Waals surface area (Å²) in [5.74, 6) is 1.86. The fourth-order valence-corrected chi connectivity index (χ4v) is 2.15. The molecule has 1 fully saturated rings. The monoisotopic (exact) mass is 251 g/mol. The molecule has 0 bridgehead atoms. The minimum absolute atomic E-state index is 0.197. The van der Waals surface area contributed by atoms with Crippen LogP contribution in [0.2, 0.25) is 0 Å². The Morgan fingerprint density at radius 1 is 1.50 bits per heavy atom. The van der Waals surface area contributed by atoms with E-state index in [0.717, 1.165) is 24.6 Å². The molecule has 0 radical (unpaired) electrons. The molecular formula is C12H21N5O. The van der Waals surface area contributed by atoms with Gasteiger partial charge in [-0.15, -0.1) is 0 Å². The number of anilines is 3. The first-order valence-electron chi connectivity index (χ1n) is 6.44. The largest absolute Gasteiger partial charge is 0.396 e. The summed E-state index contributed by atoms with van der Waals surface area (Å²) in [4.78, 5) is 10.6. The van der Waals surface area contributed by atoms with Crippen molar-refractivity contribution in [3.8, 4) is 0 Å². The Bertz CT molecular complexity index is 394. The summed E-state index contributed by atoms with van der Waals surface area (Å²) in [6, 6.07) is 2.43. The lowest BCUT2D eigenvalue weighted by molar-refractivity contribution is 0.282. The predicted molar refractivity (Wildman–Crippen MR) is 72.7 cm³/mol. The molecule has 6 nitrogen and oxygen atoms in total. The van der Waals surface area contributed by atoms with E-state index < -0.39 is 0 Å². The third-order valence-electron chi connectivity index (χ3n) is 3.35. The summed E-state index contributed by atoms with van der Waals surface area (Å²) in [5, 5.41) is 12.0. The molecule has 1 aromatic rings. The van der Waals surface area contributed by atoms with E-state index in [1.807, 2.05) is 13.1 Å².